The number of amides is 2. The minimum Gasteiger partial charge on any atom is -0.480 e. The second kappa shape index (κ2) is 5.77. The molecule has 110 valence electrons. The minimum atomic E-state index is -0.992. The number of hydrogen-bond donors (Lipinski definition) is 2. The van der Waals surface area contributed by atoms with Crippen molar-refractivity contribution < 1.29 is 19.4 Å². The van der Waals surface area contributed by atoms with E-state index >= 15 is 0 Å². The Hall–Kier alpha value is -1.30. The molecule has 0 aromatic carbocycles. The van der Waals surface area contributed by atoms with Crippen LogP contribution in [0.4, 0.5) is 4.79 Å². The summed E-state index contributed by atoms with van der Waals surface area (Å²) < 4.78 is 5.25. The summed E-state index contributed by atoms with van der Waals surface area (Å²) in [7, 11) is 0. The largest absolute Gasteiger partial charge is 0.480 e. The zero-order valence-electron chi connectivity index (χ0n) is 12.2. The van der Waals surface area contributed by atoms with Crippen molar-refractivity contribution in [1.82, 2.24) is 10.2 Å². The zero-order valence-corrected chi connectivity index (χ0v) is 12.2. The van der Waals surface area contributed by atoms with Gasteiger partial charge in [0.15, 0.2) is 0 Å². The van der Waals surface area contributed by atoms with Crippen molar-refractivity contribution in [1.29, 1.82) is 0 Å². The van der Waals surface area contributed by atoms with E-state index in [1.807, 2.05) is 6.92 Å². The molecule has 0 aromatic rings. The van der Waals surface area contributed by atoms with Gasteiger partial charge in [0.25, 0.3) is 0 Å². The Morgan fingerprint density at radius 1 is 1.42 bits per heavy atom. The summed E-state index contributed by atoms with van der Waals surface area (Å²) in [4.78, 5) is 23.9. The van der Waals surface area contributed by atoms with Crippen molar-refractivity contribution in [3.8, 4) is 0 Å². The minimum absolute atomic E-state index is 0.0869. The molecule has 0 saturated carbocycles. The van der Waals surface area contributed by atoms with Gasteiger partial charge in [-0.3, -0.25) is 0 Å². The first-order valence-electron chi connectivity index (χ1n) is 6.56. The molecule has 0 bridgehead atoms. The van der Waals surface area contributed by atoms with Crippen LogP contribution in [0.5, 0.6) is 0 Å². The lowest BCUT2D eigenvalue weighted by molar-refractivity contribution is -0.159. The lowest BCUT2D eigenvalue weighted by atomic mass is 9.90. The number of carboxylic acid groups (broad SMARTS) is 1. The van der Waals surface area contributed by atoms with E-state index in [1.54, 1.807) is 4.90 Å². The average molecular weight is 272 g/mol. The molecule has 6 heteroatoms. The Morgan fingerprint density at radius 3 is 2.47 bits per heavy atom. The van der Waals surface area contributed by atoms with Gasteiger partial charge in [-0.05, 0) is 18.8 Å². The topological polar surface area (TPSA) is 78.9 Å². The number of ether oxygens (including phenoxy) is 1. The Kier molecular flexibility index (Phi) is 4.79. The Morgan fingerprint density at radius 2 is 2.00 bits per heavy atom. The molecule has 2 amide bonds. The van der Waals surface area contributed by atoms with Crippen LogP contribution in [0, 0.1) is 5.41 Å². The number of nitrogens with zero attached hydrogens (tertiary/aromatic N) is 1. The van der Waals surface area contributed by atoms with Crippen LogP contribution in [-0.4, -0.2) is 53.8 Å². The predicted molar refractivity (Wildman–Crippen MR) is 71.0 cm³/mol. The fourth-order valence-electron chi connectivity index (χ4n) is 1.78. The molecule has 1 aliphatic rings. The van der Waals surface area contributed by atoms with Gasteiger partial charge in [-0.25, -0.2) is 9.59 Å². The van der Waals surface area contributed by atoms with Crippen molar-refractivity contribution in [3.05, 3.63) is 0 Å². The van der Waals surface area contributed by atoms with Gasteiger partial charge in [-0.15, -0.1) is 0 Å². The number of hydrogen-bond acceptors (Lipinski definition) is 3. The van der Waals surface area contributed by atoms with Crippen LogP contribution < -0.4 is 5.32 Å². The van der Waals surface area contributed by atoms with E-state index in [1.165, 1.54) is 0 Å². The average Bonchev–Trinajstić information content (AvgIpc) is 2.30. The summed E-state index contributed by atoms with van der Waals surface area (Å²) >= 11 is 0. The summed E-state index contributed by atoms with van der Waals surface area (Å²) in [6, 6.07) is -0.113. The molecular formula is C13H24N2O4. The van der Waals surface area contributed by atoms with Gasteiger partial charge < -0.3 is 20.1 Å². The molecule has 0 aliphatic carbocycles. The molecule has 0 aromatic heterocycles. The van der Waals surface area contributed by atoms with Crippen molar-refractivity contribution in [3.63, 3.8) is 0 Å². The van der Waals surface area contributed by atoms with E-state index in [9.17, 15) is 9.59 Å². The van der Waals surface area contributed by atoms with Gasteiger partial charge in [0, 0.05) is 6.54 Å². The number of rotatable bonds is 6. The first-order chi connectivity index (χ1) is 8.67. The van der Waals surface area contributed by atoms with Gasteiger partial charge in [0.1, 0.15) is 12.2 Å². The molecule has 1 saturated heterocycles. The third-order valence-corrected chi connectivity index (χ3v) is 3.56. The molecule has 0 atom stereocenters. The van der Waals surface area contributed by atoms with Gasteiger partial charge >= 0.3 is 12.0 Å². The summed E-state index contributed by atoms with van der Waals surface area (Å²) in [5, 5.41) is 11.4. The normalized spacial score (nSPS) is 17.8. The maximum absolute atomic E-state index is 11.9. The first-order valence-corrected chi connectivity index (χ1v) is 6.56. The predicted octanol–water partition coefficient (Wildman–Crippen LogP) is 1.31. The highest BCUT2D eigenvalue weighted by Crippen LogP contribution is 2.25. The number of carbonyl (C=O) groups excluding carboxylic acids is 1. The van der Waals surface area contributed by atoms with E-state index in [0.29, 0.717) is 19.6 Å². The van der Waals surface area contributed by atoms with Crippen LogP contribution in [0.2, 0.25) is 0 Å². The number of nitrogens with one attached hydrogen (secondary N) is 1. The molecule has 0 radical (unpaired) electrons. The maximum Gasteiger partial charge on any atom is 0.329 e. The van der Waals surface area contributed by atoms with E-state index in [2.05, 4.69) is 26.1 Å². The highest BCUT2D eigenvalue weighted by atomic mass is 16.5. The van der Waals surface area contributed by atoms with Crippen molar-refractivity contribution in [2.75, 3.05) is 26.2 Å². The third-order valence-electron chi connectivity index (χ3n) is 3.56. The van der Waals surface area contributed by atoms with Crippen LogP contribution in [0.25, 0.3) is 0 Å². The summed E-state index contributed by atoms with van der Waals surface area (Å²) in [5.41, 5.74) is -0.445. The zero-order chi connectivity index (χ0) is 14.7. The molecule has 2 N–H and O–H groups in total. The highest BCUT2D eigenvalue weighted by molar-refractivity contribution is 5.75. The van der Waals surface area contributed by atoms with E-state index < -0.39 is 11.6 Å². The lowest BCUT2D eigenvalue weighted by Gasteiger charge is -2.47. The molecule has 6 nitrogen and oxygen atoms in total. The van der Waals surface area contributed by atoms with Crippen molar-refractivity contribution >= 4 is 12.0 Å². The Bertz CT molecular complexity index is 349. The van der Waals surface area contributed by atoms with E-state index in [-0.39, 0.29) is 18.1 Å². The number of aliphatic carboxylic acids is 1. The van der Waals surface area contributed by atoms with Gasteiger partial charge in [-0.2, -0.15) is 0 Å². The summed E-state index contributed by atoms with van der Waals surface area (Å²) in [5.74, 6) is -0.992. The maximum atomic E-state index is 11.9. The highest BCUT2D eigenvalue weighted by Gasteiger charge is 2.42. The fraction of sp³-hybridized carbons (Fsp3) is 0.846. The molecule has 0 unspecified atom stereocenters. The van der Waals surface area contributed by atoms with Gasteiger partial charge in [0.2, 0.25) is 0 Å². The quantitative estimate of drug-likeness (QED) is 0.764. The number of urea groups is 1. The third kappa shape index (κ3) is 4.70. The second-order valence-electron chi connectivity index (χ2n) is 6.16. The number of likely N-dealkylation sites (tertiary alicyclic amines) is 1. The Labute approximate surface area is 114 Å². The molecule has 1 rings (SSSR count). The number of carbonyl (C=O) groups is 2. The van der Waals surface area contributed by atoms with Crippen LogP contribution in [0.1, 0.15) is 34.1 Å². The lowest BCUT2D eigenvalue weighted by Crippen LogP contribution is -2.65. The second-order valence-corrected chi connectivity index (χ2v) is 6.16. The van der Waals surface area contributed by atoms with Crippen LogP contribution in [0.3, 0.4) is 0 Å². The molecule has 19 heavy (non-hydrogen) atoms. The number of carboxylic acids is 1. The molecular weight excluding hydrogens is 248 g/mol. The standard InChI is InChI=1S/C13H24N2O4/c1-5-12(2,3)7-14-11(18)15-8-13(4,9-15)19-6-10(16)17/h5-9H2,1-4H3,(H,14,18)(H,16,17). The molecule has 1 heterocycles. The molecule has 1 aliphatic heterocycles. The van der Waals surface area contributed by atoms with Gasteiger partial charge in [-0.1, -0.05) is 20.8 Å². The SMILES string of the molecule is CCC(C)(C)CNC(=O)N1CC(C)(OCC(=O)O)C1. The summed E-state index contributed by atoms with van der Waals surface area (Å²) in [6.07, 6.45) is 0.993. The first kappa shape index (κ1) is 15.8. The van der Waals surface area contributed by atoms with Crippen LogP contribution >= 0.6 is 0 Å². The smallest absolute Gasteiger partial charge is 0.329 e. The monoisotopic (exact) mass is 272 g/mol. The van der Waals surface area contributed by atoms with Crippen LogP contribution in [-0.2, 0) is 9.53 Å². The molecule has 0 spiro atoms. The fourth-order valence-corrected chi connectivity index (χ4v) is 1.78. The Balaban J connectivity index is 2.29. The van der Waals surface area contributed by atoms with Crippen molar-refractivity contribution in [2.45, 2.75) is 39.7 Å². The van der Waals surface area contributed by atoms with Crippen molar-refractivity contribution in [2.24, 2.45) is 5.41 Å². The van der Waals surface area contributed by atoms with E-state index in [4.69, 9.17) is 9.84 Å². The van der Waals surface area contributed by atoms with Gasteiger partial charge in [0.05, 0.1) is 13.1 Å². The summed E-state index contributed by atoms with van der Waals surface area (Å²) in [6.45, 7) is 9.27. The van der Waals surface area contributed by atoms with E-state index in [0.717, 1.165) is 6.42 Å². The van der Waals surface area contributed by atoms with Crippen LogP contribution in [0.15, 0.2) is 0 Å². The molecule has 1 fully saturated rings.